The first-order valence-corrected chi connectivity index (χ1v) is 13.0. The number of hydrogen-bond donors (Lipinski definition) is 2. The molecule has 1 fully saturated rings. The number of rotatable bonds is 8. The summed E-state index contributed by atoms with van der Waals surface area (Å²) in [5.41, 5.74) is 6.63. The van der Waals surface area contributed by atoms with E-state index in [1.807, 2.05) is 54.7 Å². The number of pyridine rings is 1. The number of benzene rings is 2. The molecule has 1 saturated heterocycles. The van der Waals surface area contributed by atoms with Gasteiger partial charge in [0.05, 0.1) is 28.5 Å². The quantitative estimate of drug-likeness (QED) is 0.204. The lowest BCUT2D eigenvalue weighted by Crippen LogP contribution is -2.31. The van der Waals surface area contributed by atoms with Gasteiger partial charge in [-0.3, -0.25) is 4.98 Å². The Bertz CT molecular complexity index is 1340. The van der Waals surface area contributed by atoms with Gasteiger partial charge in [-0.05, 0) is 80.5 Å². The molecule has 5 nitrogen and oxygen atoms in total. The van der Waals surface area contributed by atoms with E-state index in [1.54, 1.807) is 0 Å². The Morgan fingerprint density at radius 1 is 1.00 bits per heavy atom. The van der Waals surface area contributed by atoms with Crippen molar-refractivity contribution < 1.29 is 0 Å². The van der Waals surface area contributed by atoms with Crippen molar-refractivity contribution in [3.8, 4) is 5.69 Å². The lowest BCUT2D eigenvalue weighted by molar-refractivity contribution is 0.315. The van der Waals surface area contributed by atoms with E-state index in [0.717, 1.165) is 58.1 Å². The van der Waals surface area contributed by atoms with Gasteiger partial charge < -0.3 is 20.1 Å². The molecular weight excluding hydrogens is 486 g/mol. The van der Waals surface area contributed by atoms with E-state index in [1.165, 1.54) is 5.56 Å². The third-order valence-electron chi connectivity index (χ3n) is 6.76. The van der Waals surface area contributed by atoms with Crippen LogP contribution in [-0.4, -0.2) is 32.7 Å². The standard InChI is InChI=1S/C29H30ClN5S/c1-20-19-23(21(2)35(20)26-15-7-6-13-24(26)30)28-27(25-14-8-9-16-32-25)33-29(36)34(28)18-10-17-31-22-11-4-3-5-12-22/h3-9,11-16,19,27-28,31H,10,17-18H2,1-2H3,(H,33,36)/t27-,28-/m1/s1. The predicted molar refractivity (Wildman–Crippen MR) is 152 cm³/mol. The Morgan fingerprint density at radius 3 is 2.50 bits per heavy atom. The van der Waals surface area contributed by atoms with Crippen molar-refractivity contribution in [2.75, 3.05) is 18.4 Å². The summed E-state index contributed by atoms with van der Waals surface area (Å²) in [6.45, 7) is 5.99. The zero-order valence-electron chi connectivity index (χ0n) is 20.5. The van der Waals surface area contributed by atoms with Crippen LogP contribution < -0.4 is 10.6 Å². The van der Waals surface area contributed by atoms with E-state index in [4.69, 9.17) is 23.8 Å². The van der Waals surface area contributed by atoms with Crippen molar-refractivity contribution >= 4 is 34.6 Å². The number of nitrogens with zero attached hydrogens (tertiary/aromatic N) is 3. The van der Waals surface area contributed by atoms with Crippen LogP contribution in [0.3, 0.4) is 0 Å². The first-order valence-electron chi connectivity index (χ1n) is 12.3. The minimum absolute atomic E-state index is 0.0200. The lowest BCUT2D eigenvalue weighted by atomic mass is 9.96. The molecule has 4 aromatic rings. The van der Waals surface area contributed by atoms with Crippen LogP contribution in [0.4, 0.5) is 5.69 Å². The smallest absolute Gasteiger partial charge is 0.170 e. The number of thiocarbonyl (C=S) groups is 1. The van der Waals surface area contributed by atoms with Gasteiger partial charge in [0.25, 0.3) is 0 Å². The molecule has 3 heterocycles. The molecule has 5 rings (SSSR count). The van der Waals surface area contributed by atoms with Gasteiger partial charge in [0, 0.05) is 36.4 Å². The van der Waals surface area contributed by atoms with E-state index >= 15 is 0 Å². The third-order valence-corrected chi connectivity index (χ3v) is 7.43. The molecule has 7 heteroatoms. The Morgan fingerprint density at radius 2 is 1.75 bits per heavy atom. The van der Waals surface area contributed by atoms with Crippen LogP contribution in [0.5, 0.6) is 0 Å². The zero-order chi connectivity index (χ0) is 25.1. The molecule has 0 saturated carbocycles. The van der Waals surface area contributed by atoms with Crippen LogP contribution in [0.15, 0.2) is 85.1 Å². The zero-order valence-corrected chi connectivity index (χ0v) is 22.1. The Labute approximate surface area is 223 Å². The van der Waals surface area contributed by atoms with Crippen LogP contribution in [0.2, 0.25) is 5.02 Å². The molecule has 0 aliphatic carbocycles. The molecule has 0 spiro atoms. The van der Waals surface area contributed by atoms with Gasteiger partial charge in [-0.2, -0.15) is 0 Å². The van der Waals surface area contributed by atoms with Crippen LogP contribution in [0.25, 0.3) is 5.69 Å². The number of aryl methyl sites for hydroxylation is 1. The highest BCUT2D eigenvalue weighted by molar-refractivity contribution is 7.80. The summed E-state index contributed by atoms with van der Waals surface area (Å²) in [6.07, 6.45) is 2.79. The van der Waals surface area contributed by atoms with Crippen molar-refractivity contribution in [3.63, 3.8) is 0 Å². The molecule has 2 atom stereocenters. The first kappa shape index (κ1) is 24.3. The van der Waals surface area contributed by atoms with Gasteiger partial charge in [-0.15, -0.1) is 0 Å². The fraction of sp³-hybridized carbons (Fsp3) is 0.241. The molecule has 2 aromatic heterocycles. The number of halogens is 1. The molecule has 2 N–H and O–H groups in total. The van der Waals surface area contributed by atoms with Crippen LogP contribution in [-0.2, 0) is 0 Å². The van der Waals surface area contributed by atoms with E-state index in [9.17, 15) is 0 Å². The number of nitrogens with one attached hydrogen (secondary N) is 2. The number of hydrogen-bond acceptors (Lipinski definition) is 3. The van der Waals surface area contributed by atoms with Gasteiger partial charge in [0.2, 0.25) is 0 Å². The Hall–Kier alpha value is -3.35. The molecule has 0 amide bonds. The van der Waals surface area contributed by atoms with Crippen LogP contribution in [0, 0.1) is 13.8 Å². The molecule has 184 valence electrons. The SMILES string of the molecule is Cc1cc([C@@H]2[C@@H](c3ccccn3)NC(=S)N2CCCNc2ccccc2)c(C)n1-c1ccccc1Cl. The van der Waals surface area contributed by atoms with Gasteiger partial charge in [0.15, 0.2) is 5.11 Å². The maximum atomic E-state index is 6.60. The highest BCUT2D eigenvalue weighted by Crippen LogP contribution is 2.41. The monoisotopic (exact) mass is 515 g/mol. The largest absolute Gasteiger partial charge is 0.385 e. The molecule has 1 aliphatic heterocycles. The summed E-state index contributed by atoms with van der Waals surface area (Å²) < 4.78 is 2.24. The van der Waals surface area contributed by atoms with Crippen molar-refractivity contribution in [3.05, 3.63) is 113 Å². The molecule has 0 bridgehead atoms. The van der Waals surface area contributed by atoms with Gasteiger partial charge in [-0.1, -0.05) is 48.0 Å². The second kappa shape index (κ2) is 10.7. The fourth-order valence-electron chi connectivity index (χ4n) is 5.11. The summed E-state index contributed by atoms with van der Waals surface area (Å²) in [5.74, 6) is 0. The molecule has 36 heavy (non-hydrogen) atoms. The van der Waals surface area contributed by atoms with Crippen molar-refractivity contribution in [1.82, 2.24) is 19.8 Å². The minimum atomic E-state index is -0.0408. The number of aromatic nitrogens is 2. The van der Waals surface area contributed by atoms with E-state index in [0.29, 0.717) is 0 Å². The first-order chi connectivity index (χ1) is 17.5. The summed E-state index contributed by atoms with van der Waals surface area (Å²) in [6, 6.07) is 26.6. The van der Waals surface area contributed by atoms with E-state index < -0.39 is 0 Å². The highest BCUT2D eigenvalue weighted by Gasteiger charge is 2.41. The average Bonchev–Trinajstić information content (AvgIpc) is 3.38. The highest BCUT2D eigenvalue weighted by atomic mass is 35.5. The fourth-order valence-corrected chi connectivity index (χ4v) is 5.67. The minimum Gasteiger partial charge on any atom is -0.385 e. The van der Waals surface area contributed by atoms with Crippen LogP contribution >= 0.6 is 23.8 Å². The van der Waals surface area contributed by atoms with E-state index in [2.05, 4.69) is 69.3 Å². The molecule has 2 aromatic carbocycles. The molecule has 0 unspecified atom stereocenters. The number of anilines is 1. The predicted octanol–water partition coefficient (Wildman–Crippen LogP) is 6.62. The average molecular weight is 516 g/mol. The normalized spacial score (nSPS) is 17.3. The van der Waals surface area contributed by atoms with Gasteiger partial charge >= 0.3 is 0 Å². The summed E-state index contributed by atoms with van der Waals surface area (Å²) >= 11 is 12.5. The molecule has 1 aliphatic rings. The van der Waals surface area contributed by atoms with Gasteiger partial charge in [0.1, 0.15) is 0 Å². The lowest BCUT2D eigenvalue weighted by Gasteiger charge is -2.28. The summed E-state index contributed by atoms with van der Waals surface area (Å²) in [5, 5.41) is 8.58. The van der Waals surface area contributed by atoms with E-state index in [-0.39, 0.29) is 12.1 Å². The second-order valence-electron chi connectivity index (χ2n) is 9.08. The Balaban J connectivity index is 1.46. The van der Waals surface area contributed by atoms with Crippen molar-refractivity contribution in [2.45, 2.75) is 32.4 Å². The maximum absolute atomic E-state index is 6.60. The molecular formula is C29H30ClN5S. The second-order valence-corrected chi connectivity index (χ2v) is 9.87. The van der Waals surface area contributed by atoms with Gasteiger partial charge in [-0.25, -0.2) is 0 Å². The Kier molecular flexibility index (Phi) is 7.25. The number of para-hydroxylation sites is 2. The molecule has 0 radical (unpaired) electrons. The van der Waals surface area contributed by atoms with Crippen LogP contribution in [0.1, 0.15) is 41.1 Å². The third kappa shape index (κ3) is 4.84. The maximum Gasteiger partial charge on any atom is 0.170 e. The van der Waals surface area contributed by atoms with Crippen molar-refractivity contribution in [2.24, 2.45) is 0 Å². The summed E-state index contributed by atoms with van der Waals surface area (Å²) in [7, 11) is 0. The van der Waals surface area contributed by atoms with Crippen molar-refractivity contribution in [1.29, 1.82) is 0 Å². The summed E-state index contributed by atoms with van der Waals surface area (Å²) in [4.78, 5) is 7.00. The topological polar surface area (TPSA) is 45.1 Å².